The summed E-state index contributed by atoms with van der Waals surface area (Å²) in [6.07, 6.45) is 10.2. The van der Waals surface area contributed by atoms with E-state index in [2.05, 4.69) is 30.1 Å². The van der Waals surface area contributed by atoms with Crippen LogP contribution in [0.5, 0.6) is 40.2 Å². The number of piperazine rings is 1. The minimum absolute atomic E-state index is 0.0851. The van der Waals surface area contributed by atoms with Gasteiger partial charge in [0.25, 0.3) is 0 Å². The first-order valence-electron chi connectivity index (χ1n) is 26.0. The number of nitrogens with zero attached hydrogens (tertiary/aromatic N) is 2. The largest absolute Gasteiger partial charge is 0.493 e. The molecule has 7 aliphatic heterocycles. The van der Waals surface area contributed by atoms with Crippen molar-refractivity contribution in [1.82, 2.24) is 15.1 Å². The van der Waals surface area contributed by atoms with Gasteiger partial charge in [-0.2, -0.15) is 0 Å². The highest BCUT2D eigenvalue weighted by molar-refractivity contribution is 7.99. The molecule has 3 aromatic rings. The van der Waals surface area contributed by atoms with Gasteiger partial charge in [0, 0.05) is 60.4 Å². The molecule has 1 unspecified atom stereocenters. The molecule has 390 valence electrons. The number of ether oxygens (including phenoxy) is 8. The zero-order valence-electron chi connectivity index (χ0n) is 43.1. The van der Waals surface area contributed by atoms with E-state index in [9.17, 15) is 19.5 Å². The molecule has 2 N–H and O–H groups in total. The van der Waals surface area contributed by atoms with Gasteiger partial charge in [0.05, 0.1) is 37.6 Å². The fraction of sp³-hybridized carbons (Fsp3) is 0.600. The van der Waals surface area contributed by atoms with Crippen LogP contribution in [0.3, 0.4) is 0 Å². The van der Waals surface area contributed by atoms with E-state index < -0.39 is 53.1 Å². The Morgan fingerprint density at radius 1 is 0.806 bits per heavy atom. The first kappa shape index (κ1) is 51.8. The van der Waals surface area contributed by atoms with Gasteiger partial charge in [0.1, 0.15) is 18.6 Å². The van der Waals surface area contributed by atoms with Gasteiger partial charge < -0.3 is 43.0 Å². The molecule has 0 radical (unpaired) electrons. The number of likely N-dealkylation sites (N-methyl/N-ethyl adjacent to an activating group) is 1. The second-order valence-electron chi connectivity index (χ2n) is 20.2. The van der Waals surface area contributed by atoms with Crippen LogP contribution in [-0.4, -0.2) is 104 Å². The fourth-order valence-corrected chi connectivity index (χ4v) is 13.9. The van der Waals surface area contributed by atoms with Gasteiger partial charge >= 0.3 is 23.9 Å². The number of methoxy groups -OCH3 is 2. The maximum absolute atomic E-state index is 15.2. The number of fused-ring (bicyclic) bond motifs is 9. The Hall–Kier alpha value is -5.07. The number of rotatable bonds is 17. The van der Waals surface area contributed by atoms with Crippen molar-refractivity contribution in [3.63, 3.8) is 0 Å². The third kappa shape index (κ3) is 9.30. The van der Waals surface area contributed by atoms with Crippen molar-refractivity contribution in [2.45, 2.75) is 166 Å². The van der Waals surface area contributed by atoms with Gasteiger partial charge in [-0.05, 0) is 81.0 Å². The summed E-state index contributed by atoms with van der Waals surface area (Å²) in [5, 5.41) is 15.9. The number of unbranched alkanes of at least 4 members (excludes halogenated alkanes) is 8. The zero-order valence-corrected chi connectivity index (χ0v) is 43.9. The smallest absolute Gasteiger partial charge is 0.331 e. The minimum Gasteiger partial charge on any atom is -0.493 e. The molecule has 2 fully saturated rings. The van der Waals surface area contributed by atoms with Crippen molar-refractivity contribution < 1.29 is 62.2 Å². The number of carbonyl (C=O) groups excluding carboxylic acids is 4. The van der Waals surface area contributed by atoms with E-state index in [-0.39, 0.29) is 49.7 Å². The Balaban J connectivity index is 1.19. The van der Waals surface area contributed by atoms with Gasteiger partial charge in [-0.3, -0.25) is 29.5 Å². The van der Waals surface area contributed by atoms with Crippen LogP contribution >= 0.6 is 11.8 Å². The van der Waals surface area contributed by atoms with Gasteiger partial charge in [-0.15, -0.1) is 11.8 Å². The number of aryl methyl sites for hydroxylation is 1. The lowest BCUT2D eigenvalue weighted by Crippen LogP contribution is -2.70. The average Bonchev–Trinajstić information content (AvgIpc) is 3.85. The maximum Gasteiger partial charge on any atom is 0.331 e. The molecule has 10 rings (SSSR count). The standard InChI is InChI=1S/C55H71N3O13S/c1-9-11-13-15-17-19-40(60)70-39-25-33-21-22-56-55(35(33)26-38(39)64-7)28-72-52-44-43(50-49(67-29-68-50)31(4)48(44)69-32(5)59)37(27-66-54(55)63)58-46(52)45-42-34(24-36(53(58)62)57(45)6)23-30(3)47(65-8)51(42)71-41(61)20-18-16-14-12-10-2/h23,25-26,36-37,45-46,52-53,56,62H,9-22,24,27-29H2,1-8H3/t36-,37-,45-,46?,52-,53+,55-/m1/s1. The molecule has 72 heavy (non-hydrogen) atoms. The van der Waals surface area contributed by atoms with Crippen molar-refractivity contribution in [2.75, 3.05) is 47.0 Å². The molecular formula is C55H71N3O13S. The molecule has 1 spiro atoms. The number of hydrogen-bond acceptors (Lipinski definition) is 17. The highest BCUT2D eigenvalue weighted by atomic mass is 32.2. The summed E-state index contributed by atoms with van der Waals surface area (Å²) < 4.78 is 49.8. The van der Waals surface area contributed by atoms with E-state index in [1.807, 2.05) is 31.9 Å². The second kappa shape index (κ2) is 21.8. The number of aliphatic hydroxyl groups is 1. The fourth-order valence-electron chi connectivity index (χ4n) is 12.2. The number of esters is 4. The SMILES string of the molecule is CCCCCCCC(=O)Oc1cc2c(cc1OC)[C@@]1(CS[C@@H]3c4c(OC(C)=O)c(C)c5c(c4[C@@H](COC1=O)N1C3[C@H]3c4c(cc(C)c(OC)c4OC(=O)CCCCCCC)C[C@H]([C@@H]1O)N3C)OCO5)NCC2. The lowest BCUT2D eigenvalue weighted by Gasteiger charge is -2.62. The van der Waals surface area contributed by atoms with Crippen molar-refractivity contribution in [2.24, 2.45) is 0 Å². The molecule has 17 heteroatoms. The molecule has 0 amide bonds. The number of nitrogens with one attached hydrogen (secondary N) is 1. The van der Waals surface area contributed by atoms with E-state index in [0.717, 1.165) is 80.0 Å². The topological polar surface area (TPSA) is 181 Å². The van der Waals surface area contributed by atoms with E-state index >= 15 is 4.79 Å². The predicted molar refractivity (Wildman–Crippen MR) is 269 cm³/mol. The molecule has 2 saturated heterocycles. The van der Waals surface area contributed by atoms with E-state index in [0.29, 0.717) is 82.6 Å². The number of carbonyl (C=O) groups is 4. The molecule has 7 atom stereocenters. The third-order valence-corrected chi connectivity index (χ3v) is 17.1. The van der Waals surface area contributed by atoms with Crippen molar-refractivity contribution in [1.29, 1.82) is 0 Å². The van der Waals surface area contributed by atoms with Gasteiger partial charge in [0.2, 0.25) is 6.79 Å². The lowest BCUT2D eigenvalue weighted by molar-refractivity contribution is -0.186. The monoisotopic (exact) mass is 1010 g/mol. The van der Waals surface area contributed by atoms with Crippen molar-refractivity contribution in [3.05, 3.63) is 62.7 Å². The highest BCUT2D eigenvalue weighted by Crippen LogP contribution is 2.64. The first-order valence-corrected chi connectivity index (χ1v) is 27.0. The minimum atomic E-state index is -1.44. The molecule has 0 saturated carbocycles. The van der Waals surface area contributed by atoms with Crippen LogP contribution in [-0.2, 0) is 42.3 Å². The molecule has 0 aliphatic carbocycles. The summed E-state index contributed by atoms with van der Waals surface area (Å²) in [7, 11) is 5.08. The van der Waals surface area contributed by atoms with Crippen LogP contribution in [0.25, 0.3) is 0 Å². The Labute approximate surface area is 427 Å². The Kier molecular flexibility index (Phi) is 15.7. The van der Waals surface area contributed by atoms with Crippen LogP contribution in [0.4, 0.5) is 0 Å². The number of benzene rings is 3. The summed E-state index contributed by atoms with van der Waals surface area (Å²) in [6, 6.07) is 3.20. The molecule has 7 heterocycles. The molecular weight excluding hydrogens is 943 g/mol. The predicted octanol–water partition coefficient (Wildman–Crippen LogP) is 8.53. The van der Waals surface area contributed by atoms with Crippen molar-refractivity contribution >= 4 is 35.6 Å². The quantitative estimate of drug-likeness (QED) is 0.0745. The normalized spacial score (nSPS) is 24.9. The highest BCUT2D eigenvalue weighted by Gasteiger charge is 2.61. The molecule has 4 bridgehead atoms. The summed E-state index contributed by atoms with van der Waals surface area (Å²) in [6.45, 7) is 9.54. The summed E-state index contributed by atoms with van der Waals surface area (Å²) in [4.78, 5) is 59.9. The van der Waals surface area contributed by atoms with E-state index in [1.165, 1.54) is 25.8 Å². The molecule has 0 aromatic heterocycles. The van der Waals surface area contributed by atoms with Crippen LogP contribution in [0.15, 0.2) is 18.2 Å². The van der Waals surface area contributed by atoms with E-state index in [4.69, 9.17) is 37.9 Å². The number of hydrogen-bond donors (Lipinski definition) is 2. The molecule has 3 aromatic carbocycles. The first-order chi connectivity index (χ1) is 34.8. The Morgan fingerprint density at radius 2 is 1.50 bits per heavy atom. The Morgan fingerprint density at radius 3 is 2.18 bits per heavy atom. The summed E-state index contributed by atoms with van der Waals surface area (Å²) >= 11 is 1.48. The van der Waals surface area contributed by atoms with Crippen LogP contribution in [0, 0.1) is 13.8 Å². The number of aliphatic hydroxyl groups excluding tert-OH is 1. The van der Waals surface area contributed by atoms with Crippen LogP contribution < -0.4 is 38.5 Å². The van der Waals surface area contributed by atoms with Gasteiger partial charge in [-0.1, -0.05) is 71.3 Å². The maximum atomic E-state index is 15.2. The molecule has 7 aliphatic rings. The third-order valence-electron chi connectivity index (χ3n) is 15.6. The molecule has 16 nitrogen and oxygen atoms in total. The zero-order chi connectivity index (χ0) is 51.0. The van der Waals surface area contributed by atoms with Crippen LogP contribution in [0.2, 0.25) is 0 Å². The summed E-state index contributed by atoms with van der Waals surface area (Å²) in [5.41, 5.74) is 4.34. The number of thioether (sulfide) groups is 1. The summed E-state index contributed by atoms with van der Waals surface area (Å²) in [5.74, 6) is 0.908. The Bertz CT molecular complexity index is 2590. The van der Waals surface area contributed by atoms with Crippen molar-refractivity contribution in [3.8, 4) is 40.2 Å². The van der Waals surface area contributed by atoms with Crippen LogP contribution in [0.1, 0.15) is 160 Å². The van der Waals surface area contributed by atoms with E-state index in [1.54, 1.807) is 13.2 Å². The van der Waals surface area contributed by atoms with Gasteiger partial charge in [0.15, 0.2) is 40.0 Å². The second-order valence-corrected chi connectivity index (χ2v) is 21.3. The van der Waals surface area contributed by atoms with Gasteiger partial charge in [-0.25, -0.2) is 4.79 Å². The lowest BCUT2D eigenvalue weighted by atomic mass is 9.73. The average molecular weight is 1010 g/mol.